The van der Waals surface area contributed by atoms with E-state index in [1.807, 2.05) is 24.3 Å². The normalized spacial score (nSPS) is 9.90. The van der Waals surface area contributed by atoms with Crippen molar-refractivity contribution in [3.63, 3.8) is 0 Å². The van der Waals surface area contributed by atoms with Crippen LogP contribution in [-0.2, 0) is 6.42 Å². The average molecular weight is 272 g/mol. The first-order valence-corrected chi connectivity index (χ1v) is 6.24. The molecule has 1 heterocycles. The predicted molar refractivity (Wildman–Crippen MR) is 77.0 cm³/mol. The molecule has 2 N–H and O–H groups in total. The first kappa shape index (κ1) is 13.8. The highest BCUT2D eigenvalue weighted by atomic mass is 16.5. The number of rotatable bonds is 4. The number of aromatic nitrogens is 2. The van der Waals surface area contributed by atoms with Gasteiger partial charge in [0.2, 0.25) is 0 Å². The molecule has 0 fully saturated rings. The number of nitrogens with one attached hydrogen (secondary N) is 2. The Labute approximate surface area is 117 Å². The van der Waals surface area contributed by atoms with Gasteiger partial charge >= 0.3 is 12.0 Å². The Bertz CT molecular complexity index is 515. The van der Waals surface area contributed by atoms with E-state index in [0.717, 1.165) is 12.1 Å². The summed E-state index contributed by atoms with van der Waals surface area (Å²) in [6.45, 7) is 2.08. The molecule has 0 aliphatic heterocycles. The molecule has 2 rings (SSSR count). The molecule has 6 nitrogen and oxygen atoms in total. The van der Waals surface area contributed by atoms with Gasteiger partial charge in [0.15, 0.2) is 0 Å². The molecule has 2 amide bonds. The van der Waals surface area contributed by atoms with Crippen LogP contribution < -0.4 is 15.4 Å². The number of benzene rings is 1. The lowest BCUT2D eigenvalue weighted by Crippen LogP contribution is -2.19. The lowest BCUT2D eigenvalue weighted by atomic mass is 10.1. The summed E-state index contributed by atoms with van der Waals surface area (Å²) < 4.78 is 4.84. The van der Waals surface area contributed by atoms with Crippen molar-refractivity contribution in [3.8, 4) is 6.01 Å². The van der Waals surface area contributed by atoms with Gasteiger partial charge in [-0.2, -0.15) is 0 Å². The van der Waals surface area contributed by atoms with Crippen LogP contribution in [0.2, 0.25) is 0 Å². The minimum absolute atomic E-state index is 0.256. The highest BCUT2D eigenvalue weighted by Crippen LogP contribution is 2.11. The smallest absolute Gasteiger partial charge is 0.323 e. The zero-order valence-corrected chi connectivity index (χ0v) is 11.4. The monoisotopic (exact) mass is 272 g/mol. The van der Waals surface area contributed by atoms with Crippen LogP contribution in [0.1, 0.15) is 12.5 Å². The summed E-state index contributed by atoms with van der Waals surface area (Å²) in [6.07, 6.45) is 3.92. The summed E-state index contributed by atoms with van der Waals surface area (Å²) in [5.74, 6) is 0. The van der Waals surface area contributed by atoms with Crippen molar-refractivity contribution in [1.82, 2.24) is 9.97 Å². The summed E-state index contributed by atoms with van der Waals surface area (Å²) in [5.41, 5.74) is 2.45. The number of aryl methyl sites for hydroxylation is 1. The molecule has 2 aromatic rings. The molecule has 6 heteroatoms. The minimum atomic E-state index is -0.344. The Morgan fingerprint density at radius 1 is 1.10 bits per heavy atom. The molecule has 1 aromatic heterocycles. The van der Waals surface area contributed by atoms with Gasteiger partial charge in [-0.1, -0.05) is 19.1 Å². The van der Waals surface area contributed by atoms with Crippen molar-refractivity contribution in [1.29, 1.82) is 0 Å². The molecule has 0 aliphatic rings. The standard InChI is InChI=1S/C14H16N4O2/c1-3-10-4-6-11(7-5-10)17-13(19)18-12-8-15-14(20-2)16-9-12/h4-9H,3H2,1-2H3,(H2,17,18,19). The number of carbonyl (C=O) groups is 1. The second-order valence-electron chi connectivity index (χ2n) is 4.09. The molecule has 0 bridgehead atoms. The fraction of sp³-hybridized carbons (Fsp3) is 0.214. The number of anilines is 2. The van der Waals surface area contributed by atoms with E-state index in [4.69, 9.17) is 4.74 Å². The van der Waals surface area contributed by atoms with Crippen molar-refractivity contribution >= 4 is 17.4 Å². The van der Waals surface area contributed by atoms with Crippen LogP contribution in [0, 0.1) is 0 Å². The number of urea groups is 1. The molecule has 0 aliphatic carbocycles. The van der Waals surface area contributed by atoms with Crippen LogP contribution in [0.5, 0.6) is 6.01 Å². The van der Waals surface area contributed by atoms with E-state index in [-0.39, 0.29) is 12.0 Å². The van der Waals surface area contributed by atoms with Crippen molar-refractivity contribution in [2.24, 2.45) is 0 Å². The van der Waals surface area contributed by atoms with E-state index < -0.39 is 0 Å². The van der Waals surface area contributed by atoms with Gasteiger partial charge in [-0.25, -0.2) is 14.8 Å². The number of hydrogen-bond acceptors (Lipinski definition) is 4. The molecule has 1 aromatic carbocycles. The van der Waals surface area contributed by atoms with E-state index in [1.165, 1.54) is 25.1 Å². The number of carbonyl (C=O) groups excluding carboxylic acids is 1. The lowest BCUT2D eigenvalue weighted by Gasteiger charge is -2.07. The Balaban J connectivity index is 1.93. The number of nitrogens with zero attached hydrogens (tertiary/aromatic N) is 2. The molecule has 0 saturated heterocycles. The second-order valence-corrected chi connectivity index (χ2v) is 4.09. The second kappa shape index (κ2) is 6.51. The quantitative estimate of drug-likeness (QED) is 0.897. The summed E-state index contributed by atoms with van der Waals surface area (Å²) in [6, 6.07) is 7.60. The molecule has 0 spiro atoms. The zero-order chi connectivity index (χ0) is 14.4. The first-order chi connectivity index (χ1) is 9.71. The topological polar surface area (TPSA) is 76.1 Å². The van der Waals surface area contributed by atoms with E-state index in [0.29, 0.717) is 5.69 Å². The third-order valence-corrected chi connectivity index (χ3v) is 2.69. The highest BCUT2D eigenvalue weighted by molar-refractivity contribution is 5.99. The number of ether oxygens (including phenoxy) is 1. The molecule has 20 heavy (non-hydrogen) atoms. The van der Waals surface area contributed by atoms with Crippen LogP contribution in [-0.4, -0.2) is 23.1 Å². The third kappa shape index (κ3) is 3.68. The van der Waals surface area contributed by atoms with E-state index in [9.17, 15) is 4.79 Å². The summed E-state index contributed by atoms with van der Waals surface area (Å²) in [7, 11) is 1.48. The van der Waals surface area contributed by atoms with Crippen molar-refractivity contribution in [2.45, 2.75) is 13.3 Å². The maximum Gasteiger partial charge on any atom is 0.323 e. The average Bonchev–Trinajstić information content (AvgIpc) is 2.49. The van der Waals surface area contributed by atoms with E-state index >= 15 is 0 Å². The number of methoxy groups -OCH3 is 1. The molecule has 0 radical (unpaired) electrons. The molecule has 0 saturated carbocycles. The Morgan fingerprint density at radius 2 is 1.70 bits per heavy atom. The summed E-state index contributed by atoms with van der Waals surface area (Å²) in [5, 5.41) is 5.37. The van der Waals surface area contributed by atoms with Gasteiger partial charge in [-0.3, -0.25) is 0 Å². The maximum atomic E-state index is 11.8. The van der Waals surface area contributed by atoms with Crippen molar-refractivity contribution < 1.29 is 9.53 Å². The number of hydrogen-bond donors (Lipinski definition) is 2. The summed E-state index contributed by atoms with van der Waals surface area (Å²) in [4.78, 5) is 19.6. The Hall–Kier alpha value is -2.63. The number of amides is 2. The summed E-state index contributed by atoms with van der Waals surface area (Å²) >= 11 is 0. The van der Waals surface area contributed by atoms with Gasteiger partial charge in [-0.15, -0.1) is 0 Å². The van der Waals surface area contributed by atoms with E-state index in [1.54, 1.807) is 0 Å². The fourth-order valence-electron chi connectivity index (χ4n) is 1.60. The molecule has 0 unspecified atom stereocenters. The Morgan fingerprint density at radius 3 is 2.25 bits per heavy atom. The van der Waals surface area contributed by atoms with E-state index in [2.05, 4.69) is 27.5 Å². The van der Waals surface area contributed by atoms with Gasteiger partial charge < -0.3 is 15.4 Å². The predicted octanol–water partition coefficient (Wildman–Crippen LogP) is 2.69. The molecule has 104 valence electrons. The van der Waals surface area contributed by atoms with Gasteiger partial charge in [-0.05, 0) is 24.1 Å². The van der Waals surface area contributed by atoms with Crippen LogP contribution in [0.15, 0.2) is 36.7 Å². The molecule has 0 atom stereocenters. The highest BCUT2D eigenvalue weighted by Gasteiger charge is 2.04. The van der Waals surface area contributed by atoms with Gasteiger partial charge in [0, 0.05) is 5.69 Å². The maximum absolute atomic E-state index is 11.8. The van der Waals surface area contributed by atoms with Crippen LogP contribution in [0.3, 0.4) is 0 Å². The third-order valence-electron chi connectivity index (χ3n) is 2.69. The molecular weight excluding hydrogens is 256 g/mol. The first-order valence-electron chi connectivity index (χ1n) is 6.24. The van der Waals surface area contributed by atoms with Gasteiger partial charge in [0.05, 0.1) is 25.2 Å². The zero-order valence-electron chi connectivity index (χ0n) is 11.4. The lowest BCUT2D eigenvalue weighted by molar-refractivity contribution is 0.262. The fourth-order valence-corrected chi connectivity index (χ4v) is 1.60. The Kier molecular flexibility index (Phi) is 4.49. The van der Waals surface area contributed by atoms with Crippen LogP contribution >= 0.6 is 0 Å². The van der Waals surface area contributed by atoms with Gasteiger partial charge in [0.1, 0.15) is 0 Å². The van der Waals surface area contributed by atoms with Crippen LogP contribution in [0.4, 0.5) is 16.2 Å². The SMILES string of the molecule is CCc1ccc(NC(=O)Nc2cnc(OC)nc2)cc1. The minimum Gasteiger partial charge on any atom is -0.467 e. The molecular formula is C14H16N4O2. The largest absolute Gasteiger partial charge is 0.467 e. The van der Waals surface area contributed by atoms with Gasteiger partial charge in [0.25, 0.3) is 0 Å². The van der Waals surface area contributed by atoms with Crippen LogP contribution in [0.25, 0.3) is 0 Å². The van der Waals surface area contributed by atoms with Crippen molar-refractivity contribution in [3.05, 3.63) is 42.2 Å². The van der Waals surface area contributed by atoms with Crippen molar-refractivity contribution in [2.75, 3.05) is 17.7 Å².